The number of amides is 1. The number of hydrogen-bond acceptors (Lipinski definition) is 5. The number of benzene rings is 1. The number of anilines is 1. The molecular weight excluding hydrogens is 384 g/mol. The van der Waals surface area contributed by atoms with Crippen LogP contribution < -0.4 is 10.2 Å². The highest BCUT2D eigenvalue weighted by Crippen LogP contribution is 2.33. The third-order valence-electron chi connectivity index (χ3n) is 5.38. The molecule has 164 valence electrons. The van der Waals surface area contributed by atoms with Gasteiger partial charge in [0.2, 0.25) is 0 Å². The summed E-state index contributed by atoms with van der Waals surface area (Å²) in [6.45, 7) is 8.87. The van der Waals surface area contributed by atoms with Gasteiger partial charge in [0.15, 0.2) is 0 Å². The molecule has 1 fully saturated rings. The lowest BCUT2D eigenvalue weighted by atomic mass is 10.0. The minimum Gasteiger partial charge on any atom is -0.480 e. The van der Waals surface area contributed by atoms with Gasteiger partial charge in [0.25, 0.3) is 0 Å². The van der Waals surface area contributed by atoms with Gasteiger partial charge in [-0.25, -0.2) is 9.59 Å². The predicted molar refractivity (Wildman–Crippen MR) is 117 cm³/mol. The number of alkyl carbamates (subject to hydrolysis) is 1. The lowest BCUT2D eigenvalue weighted by molar-refractivity contribution is -0.139. The maximum Gasteiger partial charge on any atom is 0.408 e. The number of nitrogens with one attached hydrogen (secondary N) is 1. The Balaban J connectivity index is 1.95. The molecule has 1 saturated heterocycles. The number of carboxylic acid groups (broad SMARTS) is 1. The van der Waals surface area contributed by atoms with Crippen LogP contribution in [-0.2, 0) is 23.0 Å². The molecule has 1 aliphatic heterocycles. The molecule has 1 aromatic heterocycles. The fourth-order valence-corrected chi connectivity index (χ4v) is 3.93. The maximum absolute atomic E-state index is 12.2. The minimum atomic E-state index is -1.09. The molecule has 30 heavy (non-hydrogen) atoms. The highest BCUT2D eigenvalue weighted by atomic mass is 16.6. The van der Waals surface area contributed by atoms with Gasteiger partial charge in [-0.15, -0.1) is 0 Å². The standard InChI is InChI=1S/C22H32N4O4/c1-22(2,3)30-21(29)23-17(20(27)28)14-16-15-8-6-7-9-18(15)25(5)19(16)26-12-10-24(4)11-13-26/h6-9,17H,10-14H2,1-5H3,(H,23,29)(H,27,28). The van der Waals surface area contributed by atoms with Crippen LogP contribution >= 0.6 is 0 Å². The van der Waals surface area contributed by atoms with E-state index in [2.05, 4.69) is 26.7 Å². The molecule has 1 atom stereocenters. The van der Waals surface area contributed by atoms with E-state index in [4.69, 9.17) is 4.74 Å². The molecule has 0 radical (unpaired) electrons. The van der Waals surface area contributed by atoms with Gasteiger partial charge in [-0.3, -0.25) is 0 Å². The van der Waals surface area contributed by atoms with E-state index in [1.807, 2.05) is 31.3 Å². The Labute approximate surface area is 177 Å². The topological polar surface area (TPSA) is 87.0 Å². The first-order chi connectivity index (χ1) is 14.1. The number of ether oxygens (including phenoxy) is 1. The summed E-state index contributed by atoms with van der Waals surface area (Å²) in [6, 6.07) is 6.90. The summed E-state index contributed by atoms with van der Waals surface area (Å²) < 4.78 is 7.40. The fourth-order valence-electron chi connectivity index (χ4n) is 3.93. The summed E-state index contributed by atoms with van der Waals surface area (Å²) >= 11 is 0. The first-order valence-corrected chi connectivity index (χ1v) is 10.3. The van der Waals surface area contributed by atoms with Crippen LogP contribution in [0.1, 0.15) is 26.3 Å². The van der Waals surface area contributed by atoms with Crippen molar-refractivity contribution in [2.75, 3.05) is 38.1 Å². The average molecular weight is 417 g/mol. The molecule has 1 amide bonds. The zero-order valence-electron chi connectivity index (χ0n) is 18.4. The number of para-hydroxylation sites is 1. The molecule has 1 unspecified atom stereocenters. The van der Waals surface area contributed by atoms with E-state index in [0.717, 1.165) is 48.5 Å². The highest BCUT2D eigenvalue weighted by molar-refractivity contribution is 5.91. The number of fused-ring (bicyclic) bond motifs is 1. The molecule has 0 spiro atoms. The Kier molecular flexibility index (Phi) is 6.26. The van der Waals surface area contributed by atoms with Gasteiger partial charge >= 0.3 is 12.1 Å². The molecule has 0 bridgehead atoms. The molecule has 2 N–H and O–H groups in total. The smallest absolute Gasteiger partial charge is 0.408 e. The van der Waals surface area contributed by atoms with Gasteiger partial charge in [-0.2, -0.15) is 0 Å². The van der Waals surface area contributed by atoms with Gasteiger partial charge in [-0.1, -0.05) is 18.2 Å². The second kappa shape index (κ2) is 8.55. The van der Waals surface area contributed by atoms with Crippen molar-refractivity contribution in [2.45, 2.75) is 38.8 Å². The first kappa shape index (κ1) is 22.0. The van der Waals surface area contributed by atoms with Gasteiger partial charge < -0.3 is 29.5 Å². The lowest BCUT2D eigenvalue weighted by Crippen LogP contribution is -2.46. The lowest BCUT2D eigenvalue weighted by Gasteiger charge is -2.35. The number of carboxylic acids is 1. The molecule has 0 saturated carbocycles. The zero-order chi connectivity index (χ0) is 22.1. The van der Waals surface area contributed by atoms with Crippen LogP contribution in [0, 0.1) is 0 Å². The second-order valence-electron chi connectivity index (χ2n) is 8.91. The Morgan fingerprint density at radius 3 is 2.37 bits per heavy atom. The second-order valence-corrected chi connectivity index (χ2v) is 8.91. The van der Waals surface area contributed by atoms with Gasteiger partial charge in [-0.05, 0) is 33.9 Å². The van der Waals surface area contributed by atoms with Crippen molar-refractivity contribution < 1.29 is 19.4 Å². The number of aryl methyl sites for hydroxylation is 1. The van der Waals surface area contributed by atoms with E-state index < -0.39 is 23.7 Å². The van der Waals surface area contributed by atoms with E-state index in [1.165, 1.54) is 0 Å². The monoisotopic (exact) mass is 416 g/mol. The summed E-state index contributed by atoms with van der Waals surface area (Å²) in [6.07, 6.45) is -0.547. The predicted octanol–water partition coefficient (Wildman–Crippen LogP) is 2.45. The van der Waals surface area contributed by atoms with E-state index in [-0.39, 0.29) is 6.42 Å². The number of piperazine rings is 1. The molecule has 2 aromatic rings. The normalized spacial score (nSPS) is 16.5. The van der Waals surface area contributed by atoms with Crippen molar-refractivity contribution in [1.29, 1.82) is 0 Å². The molecule has 0 aliphatic carbocycles. The number of hydrogen-bond donors (Lipinski definition) is 2. The number of nitrogens with zero attached hydrogens (tertiary/aromatic N) is 3. The largest absolute Gasteiger partial charge is 0.480 e. The summed E-state index contributed by atoms with van der Waals surface area (Å²) in [5.41, 5.74) is 1.28. The molecular formula is C22H32N4O4. The van der Waals surface area contributed by atoms with Crippen LogP contribution in [-0.4, -0.2) is 71.5 Å². The number of aliphatic carboxylic acids is 1. The zero-order valence-corrected chi connectivity index (χ0v) is 18.4. The number of carbonyl (C=O) groups is 2. The molecule has 1 aliphatic rings. The SMILES string of the molecule is CN1CCN(c2c(CC(NC(=O)OC(C)(C)C)C(=O)O)c3ccccc3n2C)CC1. The Morgan fingerprint density at radius 2 is 1.77 bits per heavy atom. The average Bonchev–Trinajstić information content (AvgIpc) is 2.93. The van der Waals surface area contributed by atoms with Crippen LogP contribution in [0.2, 0.25) is 0 Å². The van der Waals surface area contributed by atoms with Gasteiger partial charge in [0, 0.05) is 56.1 Å². The third-order valence-corrected chi connectivity index (χ3v) is 5.38. The number of rotatable bonds is 5. The number of aromatic nitrogens is 1. The van der Waals surface area contributed by atoms with Crippen molar-refractivity contribution >= 4 is 28.8 Å². The van der Waals surface area contributed by atoms with E-state index >= 15 is 0 Å². The third kappa shape index (κ3) is 4.87. The first-order valence-electron chi connectivity index (χ1n) is 10.3. The molecule has 1 aromatic carbocycles. The van der Waals surface area contributed by atoms with Crippen LogP contribution in [0.5, 0.6) is 0 Å². The Morgan fingerprint density at radius 1 is 1.13 bits per heavy atom. The van der Waals surface area contributed by atoms with E-state index in [9.17, 15) is 14.7 Å². The minimum absolute atomic E-state index is 0.178. The summed E-state index contributed by atoms with van der Waals surface area (Å²) in [5.74, 6) is -0.0698. The quantitative estimate of drug-likeness (QED) is 0.779. The van der Waals surface area contributed by atoms with Gasteiger partial charge in [0.05, 0.1) is 0 Å². The summed E-state index contributed by atoms with van der Waals surface area (Å²) in [4.78, 5) is 28.8. The van der Waals surface area contributed by atoms with Crippen LogP contribution in [0.3, 0.4) is 0 Å². The Hall–Kier alpha value is -2.74. The molecule has 8 nitrogen and oxygen atoms in total. The summed E-state index contributed by atoms with van der Waals surface area (Å²) in [5, 5.41) is 13.3. The number of carbonyl (C=O) groups excluding carboxylic acids is 1. The van der Waals surface area contributed by atoms with Crippen molar-refractivity contribution in [1.82, 2.24) is 14.8 Å². The molecule has 3 rings (SSSR count). The van der Waals surface area contributed by atoms with Crippen LogP contribution in [0.15, 0.2) is 24.3 Å². The fraction of sp³-hybridized carbons (Fsp3) is 0.545. The summed E-state index contributed by atoms with van der Waals surface area (Å²) in [7, 11) is 4.11. The van der Waals surface area contributed by atoms with Crippen LogP contribution in [0.4, 0.5) is 10.6 Å². The maximum atomic E-state index is 12.2. The van der Waals surface area contributed by atoms with E-state index in [0.29, 0.717) is 0 Å². The molecule has 8 heteroatoms. The van der Waals surface area contributed by atoms with Gasteiger partial charge in [0.1, 0.15) is 17.5 Å². The molecule has 2 heterocycles. The van der Waals surface area contributed by atoms with Crippen molar-refractivity contribution in [3.63, 3.8) is 0 Å². The van der Waals surface area contributed by atoms with Crippen molar-refractivity contribution in [3.8, 4) is 0 Å². The van der Waals surface area contributed by atoms with Crippen molar-refractivity contribution in [2.24, 2.45) is 7.05 Å². The highest BCUT2D eigenvalue weighted by Gasteiger charge is 2.29. The van der Waals surface area contributed by atoms with Crippen molar-refractivity contribution in [3.05, 3.63) is 29.8 Å². The van der Waals surface area contributed by atoms with E-state index in [1.54, 1.807) is 20.8 Å². The Bertz CT molecular complexity index is 923. The van der Waals surface area contributed by atoms with Crippen LogP contribution in [0.25, 0.3) is 10.9 Å². The number of likely N-dealkylation sites (N-methyl/N-ethyl adjacent to an activating group) is 1.